The van der Waals surface area contributed by atoms with Crippen LogP contribution in [0.25, 0.3) is 0 Å². The Hall–Kier alpha value is -0.790. The molecule has 0 spiro atoms. The van der Waals surface area contributed by atoms with E-state index in [-0.39, 0.29) is 17.6 Å². The number of benzene rings is 1. The Labute approximate surface area is 142 Å². The molecule has 5 nitrogen and oxygen atoms in total. The van der Waals surface area contributed by atoms with Crippen molar-refractivity contribution < 1.29 is 24.1 Å². The Bertz CT molecular complexity index is 467. The summed E-state index contributed by atoms with van der Waals surface area (Å²) in [6.45, 7) is 4.34. The van der Waals surface area contributed by atoms with Gasteiger partial charge in [0, 0.05) is 7.11 Å². The van der Waals surface area contributed by atoms with Gasteiger partial charge in [-0.15, -0.1) is 11.8 Å². The molecule has 1 aliphatic heterocycles. The standard InChI is InChI=1S/C17H26O5S/c1-5-23-17-16(20-4)15(14(18)11(2)22-17)21-10-12-6-8-13(19-3)9-7-12/h6-9,11,14-18H,5,10H2,1-4H3/t11-,14+,15+,16-,17+/m0/s1. The van der Waals surface area contributed by atoms with Crippen LogP contribution in [0.2, 0.25) is 0 Å². The average Bonchev–Trinajstić information content (AvgIpc) is 2.57. The Morgan fingerprint density at radius 2 is 1.87 bits per heavy atom. The second-order valence-electron chi connectivity index (χ2n) is 5.48. The van der Waals surface area contributed by atoms with E-state index in [9.17, 15) is 5.11 Å². The number of thioether (sulfide) groups is 1. The zero-order valence-electron chi connectivity index (χ0n) is 14.1. The Morgan fingerprint density at radius 1 is 1.17 bits per heavy atom. The fourth-order valence-electron chi connectivity index (χ4n) is 2.64. The van der Waals surface area contributed by atoms with Crippen molar-refractivity contribution >= 4 is 11.8 Å². The summed E-state index contributed by atoms with van der Waals surface area (Å²) in [6, 6.07) is 7.69. The molecule has 1 fully saturated rings. The fraction of sp³-hybridized carbons (Fsp3) is 0.647. The molecule has 0 amide bonds. The van der Waals surface area contributed by atoms with Gasteiger partial charge in [0.25, 0.3) is 0 Å². The summed E-state index contributed by atoms with van der Waals surface area (Å²) in [7, 11) is 3.27. The van der Waals surface area contributed by atoms with Gasteiger partial charge in [0.2, 0.25) is 0 Å². The SMILES string of the molecule is CCS[C@H]1O[C@@H](C)[C@@H](O)[C@@H](OCc2ccc(OC)cc2)[C@@H]1OC. The summed E-state index contributed by atoms with van der Waals surface area (Å²) in [4.78, 5) is 0. The minimum absolute atomic E-state index is 0.135. The van der Waals surface area contributed by atoms with Gasteiger partial charge in [0.1, 0.15) is 29.5 Å². The second kappa shape index (κ2) is 8.89. The quantitative estimate of drug-likeness (QED) is 0.821. The van der Waals surface area contributed by atoms with Crippen molar-refractivity contribution in [1.29, 1.82) is 0 Å². The Morgan fingerprint density at radius 3 is 2.43 bits per heavy atom. The number of methoxy groups -OCH3 is 2. The maximum atomic E-state index is 10.4. The van der Waals surface area contributed by atoms with Crippen LogP contribution in [-0.4, -0.2) is 54.9 Å². The van der Waals surface area contributed by atoms with E-state index in [4.69, 9.17) is 18.9 Å². The van der Waals surface area contributed by atoms with E-state index in [0.29, 0.717) is 6.61 Å². The van der Waals surface area contributed by atoms with Gasteiger partial charge in [-0.25, -0.2) is 0 Å². The number of hydrogen-bond donors (Lipinski definition) is 1. The zero-order chi connectivity index (χ0) is 16.8. The smallest absolute Gasteiger partial charge is 0.132 e. The van der Waals surface area contributed by atoms with E-state index in [0.717, 1.165) is 17.1 Å². The summed E-state index contributed by atoms with van der Waals surface area (Å²) in [6.07, 6.45) is -1.72. The van der Waals surface area contributed by atoms with Gasteiger partial charge >= 0.3 is 0 Å². The first kappa shape index (κ1) is 18.5. The molecule has 1 aromatic carbocycles. The van der Waals surface area contributed by atoms with E-state index in [1.807, 2.05) is 31.2 Å². The molecule has 0 unspecified atom stereocenters. The van der Waals surface area contributed by atoms with E-state index < -0.39 is 12.2 Å². The van der Waals surface area contributed by atoms with Crippen LogP contribution >= 0.6 is 11.8 Å². The Kier molecular flexibility index (Phi) is 7.17. The highest BCUT2D eigenvalue weighted by atomic mass is 32.2. The molecule has 1 aliphatic rings. The molecule has 23 heavy (non-hydrogen) atoms. The largest absolute Gasteiger partial charge is 0.497 e. The summed E-state index contributed by atoms with van der Waals surface area (Å²) >= 11 is 1.67. The van der Waals surface area contributed by atoms with Gasteiger partial charge in [0.15, 0.2) is 0 Å². The van der Waals surface area contributed by atoms with Crippen LogP contribution in [0.4, 0.5) is 0 Å². The molecule has 0 aromatic heterocycles. The van der Waals surface area contributed by atoms with Crippen LogP contribution in [0.5, 0.6) is 5.75 Å². The van der Waals surface area contributed by atoms with E-state index in [2.05, 4.69) is 6.92 Å². The summed E-state index contributed by atoms with van der Waals surface area (Å²) in [5, 5.41) is 10.4. The number of hydrogen-bond acceptors (Lipinski definition) is 6. The van der Waals surface area contributed by atoms with Crippen molar-refractivity contribution in [2.75, 3.05) is 20.0 Å². The second-order valence-corrected chi connectivity index (χ2v) is 6.85. The third-order valence-corrected chi connectivity index (χ3v) is 5.00. The topological polar surface area (TPSA) is 57.2 Å². The molecule has 0 radical (unpaired) electrons. The molecule has 2 rings (SSSR count). The highest BCUT2D eigenvalue weighted by Crippen LogP contribution is 2.32. The lowest BCUT2D eigenvalue weighted by Crippen LogP contribution is -2.57. The lowest BCUT2D eigenvalue weighted by atomic mass is 10.0. The third-order valence-electron chi connectivity index (χ3n) is 3.96. The third kappa shape index (κ3) is 4.61. The zero-order valence-corrected chi connectivity index (χ0v) is 14.9. The van der Waals surface area contributed by atoms with Gasteiger partial charge in [-0.1, -0.05) is 19.1 Å². The maximum Gasteiger partial charge on any atom is 0.132 e. The number of ether oxygens (including phenoxy) is 4. The lowest BCUT2D eigenvalue weighted by molar-refractivity contribution is -0.219. The fourth-order valence-corrected chi connectivity index (χ4v) is 3.68. The molecule has 6 heteroatoms. The van der Waals surface area contributed by atoms with E-state index >= 15 is 0 Å². The van der Waals surface area contributed by atoms with Crippen molar-refractivity contribution in [3.63, 3.8) is 0 Å². The molecule has 0 aliphatic carbocycles. The van der Waals surface area contributed by atoms with Gasteiger partial charge in [-0.3, -0.25) is 0 Å². The molecule has 1 heterocycles. The molecule has 0 saturated carbocycles. The molecule has 1 N–H and O–H groups in total. The first-order chi connectivity index (χ1) is 11.1. The normalized spacial score (nSPS) is 31.1. The predicted molar refractivity (Wildman–Crippen MR) is 90.8 cm³/mol. The van der Waals surface area contributed by atoms with Crippen molar-refractivity contribution in [2.24, 2.45) is 0 Å². The summed E-state index contributed by atoms with van der Waals surface area (Å²) in [5.41, 5.74) is 0.885. The van der Waals surface area contributed by atoms with E-state index in [1.54, 1.807) is 26.0 Å². The number of aliphatic hydroxyl groups excluding tert-OH is 1. The summed E-state index contributed by atoms with van der Waals surface area (Å²) in [5.74, 6) is 1.72. The van der Waals surface area contributed by atoms with Crippen LogP contribution in [0.3, 0.4) is 0 Å². The monoisotopic (exact) mass is 342 g/mol. The van der Waals surface area contributed by atoms with Gasteiger partial charge in [-0.2, -0.15) is 0 Å². The van der Waals surface area contributed by atoms with Crippen LogP contribution in [0.1, 0.15) is 19.4 Å². The molecule has 1 saturated heterocycles. The summed E-state index contributed by atoms with van der Waals surface area (Å²) < 4.78 is 22.6. The molecular formula is C17H26O5S. The molecule has 5 atom stereocenters. The highest BCUT2D eigenvalue weighted by Gasteiger charge is 2.44. The van der Waals surface area contributed by atoms with Crippen molar-refractivity contribution in [2.45, 2.75) is 50.3 Å². The molecule has 0 bridgehead atoms. The first-order valence-corrected chi connectivity index (χ1v) is 8.88. The minimum Gasteiger partial charge on any atom is -0.497 e. The predicted octanol–water partition coefficient (Wildman–Crippen LogP) is 2.45. The first-order valence-electron chi connectivity index (χ1n) is 7.83. The van der Waals surface area contributed by atoms with E-state index in [1.165, 1.54) is 0 Å². The minimum atomic E-state index is -0.716. The Balaban J connectivity index is 2.03. The van der Waals surface area contributed by atoms with Gasteiger partial charge < -0.3 is 24.1 Å². The van der Waals surface area contributed by atoms with Crippen molar-refractivity contribution in [1.82, 2.24) is 0 Å². The number of aliphatic hydroxyl groups is 1. The molecule has 1 aromatic rings. The van der Waals surface area contributed by atoms with Crippen LogP contribution in [0, 0.1) is 0 Å². The van der Waals surface area contributed by atoms with Crippen molar-refractivity contribution in [3.05, 3.63) is 29.8 Å². The number of rotatable bonds is 7. The molecular weight excluding hydrogens is 316 g/mol. The van der Waals surface area contributed by atoms with Crippen LogP contribution < -0.4 is 4.74 Å². The van der Waals surface area contributed by atoms with Gasteiger partial charge in [-0.05, 0) is 30.4 Å². The van der Waals surface area contributed by atoms with Crippen molar-refractivity contribution in [3.8, 4) is 5.75 Å². The molecule has 130 valence electrons. The average molecular weight is 342 g/mol. The van der Waals surface area contributed by atoms with Crippen LogP contribution in [-0.2, 0) is 20.8 Å². The maximum absolute atomic E-state index is 10.4. The lowest BCUT2D eigenvalue weighted by Gasteiger charge is -2.42. The van der Waals surface area contributed by atoms with Crippen LogP contribution in [0.15, 0.2) is 24.3 Å². The van der Waals surface area contributed by atoms with Gasteiger partial charge in [0.05, 0.1) is 19.8 Å². The highest BCUT2D eigenvalue weighted by molar-refractivity contribution is 7.99.